The molecular formula is C32H33N3O7S2. The number of carbonyl (C=O) groups excluding carboxylic acids is 5. The maximum absolute atomic E-state index is 13.0. The fourth-order valence-electron chi connectivity index (χ4n) is 5.27. The highest BCUT2D eigenvalue weighted by Crippen LogP contribution is 2.38. The van der Waals surface area contributed by atoms with Crippen LogP contribution in [0.15, 0.2) is 53.4 Å². The number of nitrogen functional groups attached to an aromatic ring is 1. The Hall–Kier alpha value is -4.16. The molecule has 0 bridgehead atoms. The van der Waals surface area contributed by atoms with Crippen LogP contribution in [0.1, 0.15) is 70.2 Å². The number of thiophene rings is 1. The average Bonchev–Trinajstić information content (AvgIpc) is 3.45. The summed E-state index contributed by atoms with van der Waals surface area (Å²) in [5.74, 6) is -2.48. The third kappa shape index (κ3) is 7.13. The van der Waals surface area contributed by atoms with E-state index in [4.69, 9.17) is 15.2 Å². The third-order valence-corrected chi connectivity index (χ3v) is 9.73. The largest absolute Gasteiger partial charge is 0.462 e. The Morgan fingerprint density at radius 2 is 1.75 bits per heavy atom. The lowest BCUT2D eigenvalue weighted by Crippen LogP contribution is -2.31. The second kappa shape index (κ2) is 14.1. The normalized spacial score (nSPS) is 16.6. The van der Waals surface area contributed by atoms with Crippen LogP contribution in [0.2, 0.25) is 0 Å². The van der Waals surface area contributed by atoms with Gasteiger partial charge < -0.3 is 20.5 Å². The van der Waals surface area contributed by atoms with Crippen LogP contribution in [-0.4, -0.2) is 48.1 Å². The van der Waals surface area contributed by atoms with E-state index < -0.39 is 29.7 Å². The molecule has 1 unspecified atom stereocenters. The van der Waals surface area contributed by atoms with Gasteiger partial charge >= 0.3 is 11.9 Å². The number of fused-ring (bicyclic) bond motifs is 1. The molecule has 0 saturated carbocycles. The number of esters is 2. The monoisotopic (exact) mass is 635 g/mol. The van der Waals surface area contributed by atoms with E-state index in [1.165, 1.54) is 47.4 Å². The van der Waals surface area contributed by atoms with Crippen molar-refractivity contribution < 1.29 is 33.4 Å². The zero-order valence-electron chi connectivity index (χ0n) is 24.3. The molecule has 0 radical (unpaired) electrons. The number of aryl methyl sites for hydroxylation is 1. The van der Waals surface area contributed by atoms with Gasteiger partial charge in [-0.25, -0.2) is 14.5 Å². The van der Waals surface area contributed by atoms with E-state index >= 15 is 0 Å². The SMILES string of the molecule is CCOC(=O)c1c(NC(=O)COC(=O)c2ccc(N3C(=O)CC(Sc4cccc(N)c4)C3=O)cc2)sc2c1CCCCCC2. The van der Waals surface area contributed by atoms with Crippen LogP contribution < -0.4 is 16.0 Å². The highest BCUT2D eigenvalue weighted by Gasteiger charge is 2.40. The summed E-state index contributed by atoms with van der Waals surface area (Å²) in [4.78, 5) is 67.0. The summed E-state index contributed by atoms with van der Waals surface area (Å²) in [5.41, 5.74) is 8.21. The Morgan fingerprint density at radius 1 is 1.00 bits per heavy atom. The van der Waals surface area contributed by atoms with Crippen LogP contribution in [0.25, 0.3) is 0 Å². The summed E-state index contributed by atoms with van der Waals surface area (Å²) in [6, 6.07) is 13.0. The zero-order valence-corrected chi connectivity index (χ0v) is 25.9. The van der Waals surface area contributed by atoms with Gasteiger partial charge in [-0.3, -0.25) is 14.4 Å². The number of ether oxygens (including phenoxy) is 2. The fraction of sp³-hybridized carbons (Fsp3) is 0.344. The quantitative estimate of drug-likeness (QED) is 0.180. The number of hydrogen-bond acceptors (Lipinski definition) is 10. The summed E-state index contributed by atoms with van der Waals surface area (Å²) in [7, 11) is 0. The second-order valence-corrected chi connectivity index (χ2v) is 12.8. The van der Waals surface area contributed by atoms with Gasteiger partial charge in [0.25, 0.3) is 5.91 Å². The van der Waals surface area contributed by atoms with Crippen molar-refractivity contribution in [2.24, 2.45) is 0 Å². The maximum Gasteiger partial charge on any atom is 0.341 e. The molecule has 0 spiro atoms. The van der Waals surface area contributed by atoms with Gasteiger partial charge in [-0.15, -0.1) is 23.1 Å². The predicted molar refractivity (Wildman–Crippen MR) is 169 cm³/mol. The first kappa shape index (κ1) is 31.3. The Bertz CT molecular complexity index is 1580. The Balaban J connectivity index is 1.20. The predicted octanol–water partition coefficient (Wildman–Crippen LogP) is 5.39. The van der Waals surface area contributed by atoms with E-state index in [-0.39, 0.29) is 30.4 Å². The lowest BCUT2D eigenvalue weighted by atomic mass is 9.96. The van der Waals surface area contributed by atoms with Crippen molar-refractivity contribution in [1.82, 2.24) is 0 Å². The molecule has 1 fully saturated rings. The van der Waals surface area contributed by atoms with E-state index in [0.29, 0.717) is 21.9 Å². The number of nitrogens with one attached hydrogen (secondary N) is 1. The van der Waals surface area contributed by atoms with Gasteiger partial charge in [-0.05, 0) is 80.6 Å². The Morgan fingerprint density at radius 3 is 2.48 bits per heavy atom. The minimum atomic E-state index is -0.745. The summed E-state index contributed by atoms with van der Waals surface area (Å²) >= 11 is 2.65. The maximum atomic E-state index is 13.0. The number of rotatable bonds is 9. The van der Waals surface area contributed by atoms with Crippen LogP contribution in [0.5, 0.6) is 0 Å². The number of amides is 3. The molecule has 1 saturated heterocycles. The zero-order chi connectivity index (χ0) is 31.2. The van der Waals surface area contributed by atoms with E-state index in [1.807, 2.05) is 6.07 Å². The molecular weight excluding hydrogens is 603 g/mol. The lowest BCUT2D eigenvalue weighted by Gasteiger charge is -2.15. The van der Waals surface area contributed by atoms with Crippen molar-refractivity contribution in [1.29, 1.82) is 0 Å². The molecule has 1 aliphatic heterocycles. The molecule has 44 heavy (non-hydrogen) atoms. The number of benzene rings is 2. The van der Waals surface area contributed by atoms with Gasteiger partial charge in [0, 0.05) is 21.9 Å². The Labute approximate surface area is 263 Å². The number of imide groups is 1. The van der Waals surface area contributed by atoms with Gasteiger partial charge in [0.2, 0.25) is 11.8 Å². The molecule has 2 heterocycles. The molecule has 5 rings (SSSR count). The topological polar surface area (TPSA) is 145 Å². The van der Waals surface area contributed by atoms with Crippen LogP contribution in [0, 0.1) is 0 Å². The van der Waals surface area contributed by atoms with Crippen molar-refractivity contribution in [2.75, 3.05) is 29.2 Å². The minimum Gasteiger partial charge on any atom is -0.462 e. The molecule has 2 aromatic carbocycles. The highest BCUT2D eigenvalue weighted by atomic mass is 32.2. The summed E-state index contributed by atoms with van der Waals surface area (Å²) in [6.07, 6.45) is 5.82. The second-order valence-electron chi connectivity index (χ2n) is 10.5. The number of hydrogen-bond donors (Lipinski definition) is 2. The molecule has 3 amide bonds. The van der Waals surface area contributed by atoms with Crippen LogP contribution in [0.3, 0.4) is 0 Å². The van der Waals surface area contributed by atoms with Crippen molar-refractivity contribution in [3.8, 4) is 0 Å². The van der Waals surface area contributed by atoms with Crippen molar-refractivity contribution >= 4 is 69.1 Å². The first-order valence-corrected chi connectivity index (χ1v) is 16.2. The Kier molecular flexibility index (Phi) is 10.0. The summed E-state index contributed by atoms with van der Waals surface area (Å²) in [5, 5.41) is 2.57. The molecule has 3 aromatic rings. The average molecular weight is 636 g/mol. The molecule has 230 valence electrons. The standard InChI is InChI=1S/C32H33N3O7S2/c1-2-41-32(40)28-23-10-5-3-4-6-11-24(23)44-29(28)34-26(36)18-42-31(39)19-12-14-21(15-13-19)35-27(37)17-25(30(35)38)43-22-9-7-8-20(33)16-22/h7-9,12-16,25H,2-6,10-11,17-18,33H2,1H3,(H,34,36). The first-order chi connectivity index (χ1) is 21.2. The number of nitrogens with zero attached hydrogens (tertiary/aromatic N) is 1. The smallest absolute Gasteiger partial charge is 0.341 e. The molecule has 1 aliphatic carbocycles. The van der Waals surface area contributed by atoms with Gasteiger partial charge in [-0.1, -0.05) is 18.9 Å². The molecule has 1 atom stereocenters. The fourth-order valence-corrected chi connectivity index (χ4v) is 7.69. The van der Waals surface area contributed by atoms with Crippen molar-refractivity contribution in [2.45, 2.75) is 62.0 Å². The van der Waals surface area contributed by atoms with E-state index in [9.17, 15) is 24.0 Å². The molecule has 10 nitrogen and oxygen atoms in total. The van der Waals surface area contributed by atoms with Gasteiger partial charge in [-0.2, -0.15) is 0 Å². The number of carbonyl (C=O) groups is 5. The third-order valence-electron chi connectivity index (χ3n) is 7.34. The number of anilines is 3. The summed E-state index contributed by atoms with van der Waals surface area (Å²) < 4.78 is 10.5. The van der Waals surface area contributed by atoms with E-state index in [1.54, 1.807) is 25.1 Å². The molecule has 1 aromatic heterocycles. The van der Waals surface area contributed by atoms with Crippen LogP contribution in [0.4, 0.5) is 16.4 Å². The first-order valence-electron chi connectivity index (χ1n) is 14.5. The number of nitrogens with two attached hydrogens (primary N) is 1. The highest BCUT2D eigenvalue weighted by molar-refractivity contribution is 8.00. The van der Waals surface area contributed by atoms with Crippen LogP contribution >= 0.6 is 23.1 Å². The van der Waals surface area contributed by atoms with E-state index in [2.05, 4.69) is 5.32 Å². The van der Waals surface area contributed by atoms with Crippen molar-refractivity contribution in [3.05, 3.63) is 70.1 Å². The minimum absolute atomic E-state index is 0.0440. The van der Waals surface area contributed by atoms with Crippen LogP contribution in [-0.2, 0) is 36.7 Å². The van der Waals surface area contributed by atoms with Gasteiger partial charge in [0.05, 0.1) is 28.7 Å². The molecule has 12 heteroatoms. The van der Waals surface area contributed by atoms with Crippen molar-refractivity contribution in [3.63, 3.8) is 0 Å². The molecule has 2 aliphatic rings. The number of thioether (sulfide) groups is 1. The summed E-state index contributed by atoms with van der Waals surface area (Å²) in [6.45, 7) is 1.39. The van der Waals surface area contributed by atoms with Gasteiger partial charge in [0.15, 0.2) is 6.61 Å². The lowest BCUT2D eigenvalue weighted by molar-refractivity contribution is -0.121. The van der Waals surface area contributed by atoms with Gasteiger partial charge in [0.1, 0.15) is 5.00 Å². The molecule has 3 N–H and O–H groups in total. The van der Waals surface area contributed by atoms with E-state index in [0.717, 1.165) is 58.8 Å².